The van der Waals surface area contributed by atoms with Crippen molar-refractivity contribution in [2.24, 2.45) is 17.6 Å². The summed E-state index contributed by atoms with van der Waals surface area (Å²) < 4.78 is 7.30. The summed E-state index contributed by atoms with van der Waals surface area (Å²) in [5.41, 5.74) is 6.64. The van der Waals surface area contributed by atoms with Gasteiger partial charge in [0, 0.05) is 24.5 Å². The molecule has 5 rings (SSSR count). The van der Waals surface area contributed by atoms with Gasteiger partial charge in [-0.05, 0) is 62.5 Å². The Balaban J connectivity index is 1.29. The fraction of sp³-hybridized carbons (Fsp3) is 0.458. The number of nitrogens with zero attached hydrogens (tertiary/aromatic N) is 4. The Kier molecular flexibility index (Phi) is 6.04. The first kappa shape index (κ1) is 22.1. The minimum absolute atomic E-state index is 0.0382. The molecule has 4 N–H and O–H groups in total. The van der Waals surface area contributed by atoms with E-state index in [1.165, 1.54) is 19.1 Å². The molecule has 0 radical (unpaired) electrons. The van der Waals surface area contributed by atoms with Crippen molar-refractivity contribution in [1.29, 1.82) is 0 Å². The van der Waals surface area contributed by atoms with Gasteiger partial charge in [0.2, 0.25) is 5.89 Å². The number of amides is 2. The van der Waals surface area contributed by atoms with Crippen LogP contribution in [-0.2, 0) is 0 Å². The van der Waals surface area contributed by atoms with Crippen LogP contribution in [0.1, 0.15) is 72.5 Å². The molecule has 2 amide bonds. The Morgan fingerprint density at radius 1 is 1.21 bits per heavy atom. The molecule has 3 aromatic heterocycles. The molecule has 0 aromatic carbocycles. The maximum atomic E-state index is 12.9. The molecule has 178 valence electrons. The van der Waals surface area contributed by atoms with E-state index in [1.54, 1.807) is 23.1 Å². The molecule has 2 aliphatic carbocycles. The molecule has 2 fully saturated rings. The number of primary amides is 1. The highest BCUT2D eigenvalue weighted by Gasteiger charge is 2.25. The van der Waals surface area contributed by atoms with Crippen LogP contribution in [0.3, 0.4) is 0 Å². The molecule has 0 bridgehead atoms. The second kappa shape index (κ2) is 9.28. The second-order valence-electron chi connectivity index (χ2n) is 9.40. The molecule has 0 aliphatic heterocycles. The van der Waals surface area contributed by atoms with Crippen molar-refractivity contribution in [2.45, 2.75) is 51.5 Å². The quantitative estimate of drug-likeness (QED) is 0.460. The molecular formula is C24H29N7O3. The van der Waals surface area contributed by atoms with Crippen LogP contribution >= 0.6 is 0 Å². The van der Waals surface area contributed by atoms with Crippen LogP contribution in [0, 0.1) is 11.8 Å². The van der Waals surface area contributed by atoms with Gasteiger partial charge in [-0.1, -0.05) is 6.92 Å². The van der Waals surface area contributed by atoms with E-state index in [4.69, 9.17) is 10.2 Å². The van der Waals surface area contributed by atoms with Crippen LogP contribution in [-0.4, -0.2) is 38.1 Å². The molecule has 0 unspecified atom stereocenters. The number of carbonyl (C=O) groups excluding carboxylic acids is 2. The van der Waals surface area contributed by atoms with Crippen LogP contribution in [0.5, 0.6) is 0 Å². The molecule has 34 heavy (non-hydrogen) atoms. The van der Waals surface area contributed by atoms with E-state index in [0.29, 0.717) is 17.4 Å². The maximum absolute atomic E-state index is 12.9. The number of nitrogens with one attached hydrogen (secondary N) is 2. The fourth-order valence-corrected chi connectivity index (χ4v) is 4.29. The normalized spacial score (nSPS) is 20.1. The number of rotatable bonds is 8. The number of hydrogen-bond donors (Lipinski definition) is 3. The number of hydrogen-bond acceptors (Lipinski definition) is 7. The summed E-state index contributed by atoms with van der Waals surface area (Å²) in [6.07, 6.45) is 11.3. The molecule has 0 atom stereocenters. The number of oxazole rings is 1. The van der Waals surface area contributed by atoms with Gasteiger partial charge >= 0.3 is 0 Å². The van der Waals surface area contributed by atoms with E-state index in [1.807, 2.05) is 6.07 Å². The van der Waals surface area contributed by atoms with Crippen LogP contribution < -0.4 is 16.4 Å². The summed E-state index contributed by atoms with van der Waals surface area (Å²) in [6, 6.07) is 3.81. The van der Waals surface area contributed by atoms with Gasteiger partial charge in [-0.15, -0.1) is 0 Å². The van der Waals surface area contributed by atoms with Gasteiger partial charge in [-0.25, -0.2) is 9.97 Å². The highest BCUT2D eigenvalue weighted by atomic mass is 16.3. The van der Waals surface area contributed by atoms with Gasteiger partial charge in [-0.3, -0.25) is 14.3 Å². The fourth-order valence-electron chi connectivity index (χ4n) is 4.29. The van der Waals surface area contributed by atoms with Crippen molar-refractivity contribution in [3.63, 3.8) is 0 Å². The topological polar surface area (TPSA) is 141 Å². The van der Waals surface area contributed by atoms with Gasteiger partial charge in [-0.2, -0.15) is 5.10 Å². The monoisotopic (exact) mass is 463 g/mol. The largest absolute Gasteiger partial charge is 0.444 e. The molecular weight excluding hydrogens is 434 g/mol. The van der Waals surface area contributed by atoms with Crippen LogP contribution in [0.25, 0.3) is 11.5 Å². The van der Waals surface area contributed by atoms with Gasteiger partial charge in [0.05, 0.1) is 11.7 Å². The zero-order valence-corrected chi connectivity index (χ0v) is 19.2. The lowest BCUT2D eigenvalue weighted by atomic mass is 9.87. The molecule has 0 saturated heterocycles. The Morgan fingerprint density at radius 2 is 2.00 bits per heavy atom. The lowest BCUT2D eigenvalue weighted by Gasteiger charge is -2.26. The highest BCUT2D eigenvalue weighted by molar-refractivity contribution is 6.07. The van der Waals surface area contributed by atoms with Crippen LogP contribution in [0.15, 0.2) is 35.2 Å². The summed E-state index contributed by atoms with van der Waals surface area (Å²) >= 11 is 0. The summed E-state index contributed by atoms with van der Waals surface area (Å²) in [4.78, 5) is 33.5. The zero-order chi connectivity index (χ0) is 23.7. The maximum Gasteiger partial charge on any atom is 0.277 e. The molecule has 3 heterocycles. The lowest BCUT2D eigenvalue weighted by molar-refractivity contribution is 0.0994. The van der Waals surface area contributed by atoms with E-state index >= 15 is 0 Å². The summed E-state index contributed by atoms with van der Waals surface area (Å²) in [5.74, 6) is 1.26. The number of anilines is 2. The first-order valence-electron chi connectivity index (χ1n) is 11.8. The average molecular weight is 464 g/mol. The molecule has 2 saturated carbocycles. The molecule has 2 aliphatic rings. The number of pyridine rings is 1. The number of aromatic nitrogens is 4. The Labute approximate surface area is 197 Å². The second-order valence-corrected chi connectivity index (χ2v) is 9.40. The third kappa shape index (κ3) is 4.95. The molecule has 10 heteroatoms. The minimum atomic E-state index is -0.693. The molecule has 0 spiro atoms. The first-order valence-corrected chi connectivity index (χ1v) is 11.8. The zero-order valence-electron chi connectivity index (χ0n) is 19.2. The van der Waals surface area contributed by atoms with E-state index in [2.05, 4.69) is 32.6 Å². The third-order valence-corrected chi connectivity index (χ3v) is 6.59. The summed E-state index contributed by atoms with van der Waals surface area (Å²) in [5, 5.41) is 10.4. The number of nitrogens with two attached hydrogens (primary N) is 1. The van der Waals surface area contributed by atoms with Crippen LogP contribution in [0.2, 0.25) is 0 Å². The van der Waals surface area contributed by atoms with Gasteiger partial charge < -0.3 is 20.8 Å². The third-order valence-electron chi connectivity index (χ3n) is 6.59. The SMILES string of the molecule is C[C@H]1CC[C@H](n2cc(NC(=O)c3coc(-c4ccnc(NCC5CC5)c4)n3)c(C(N)=O)n2)CC1. The predicted molar refractivity (Wildman–Crippen MR) is 126 cm³/mol. The van der Waals surface area contributed by atoms with E-state index in [9.17, 15) is 9.59 Å². The Morgan fingerprint density at radius 3 is 2.74 bits per heavy atom. The van der Waals surface area contributed by atoms with Gasteiger partial charge in [0.1, 0.15) is 12.1 Å². The van der Waals surface area contributed by atoms with E-state index in [0.717, 1.165) is 44.0 Å². The highest BCUT2D eigenvalue weighted by Crippen LogP contribution is 2.33. The summed E-state index contributed by atoms with van der Waals surface area (Å²) in [7, 11) is 0. The van der Waals surface area contributed by atoms with Crippen molar-refractivity contribution in [3.05, 3.63) is 42.2 Å². The molecule has 3 aromatic rings. The first-order chi connectivity index (χ1) is 16.5. The van der Waals surface area contributed by atoms with Crippen LogP contribution in [0.4, 0.5) is 11.5 Å². The standard InChI is InChI=1S/C24H29N7O3/c1-14-2-6-17(7-3-14)31-12-18(21(30-31)22(25)32)28-23(33)19-13-34-24(29-19)16-8-9-26-20(10-16)27-11-15-4-5-15/h8-10,12-15,17H,2-7,11H2,1H3,(H2,25,32)(H,26,27)(H,28,33)/t14-,17-. The predicted octanol–water partition coefficient (Wildman–Crippen LogP) is 3.86. The van der Waals surface area contributed by atoms with Crippen molar-refractivity contribution in [3.8, 4) is 11.5 Å². The minimum Gasteiger partial charge on any atom is -0.444 e. The van der Waals surface area contributed by atoms with Gasteiger partial charge in [0.15, 0.2) is 11.4 Å². The lowest BCUT2D eigenvalue weighted by Crippen LogP contribution is -2.19. The molecule has 10 nitrogen and oxygen atoms in total. The van der Waals surface area contributed by atoms with E-state index < -0.39 is 11.8 Å². The van der Waals surface area contributed by atoms with Crippen molar-refractivity contribution < 1.29 is 14.0 Å². The Bertz CT molecular complexity index is 1190. The van der Waals surface area contributed by atoms with Crippen molar-refractivity contribution in [1.82, 2.24) is 19.7 Å². The summed E-state index contributed by atoms with van der Waals surface area (Å²) in [6.45, 7) is 3.13. The average Bonchev–Trinajstić information content (AvgIpc) is 3.35. The van der Waals surface area contributed by atoms with Crippen molar-refractivity contribution in [2.75, 3.05) is 17.2 Å². The Hall–Kier alpha value is -3.69. The van der Waals surface area contributed by atoms with Gasteiger partial charge in [0.25, 0.3) is 11.8 Å². The van der Waals surface area contributed by atoms with Crippen molar-refractivity contribution >= 4 is 23.3 Å². The number of carbonyl (C=O) groups is 2. The smallest absolute Gasteiger partial charge is 0.277 e. The van der Waals surface area contributed by atoms with E-state index in [-0.39, 0.29) is 23.1 Å².